The molecule has 27 heavy (non-hydrogen) atoms. The lowest BCUT2D eigenvalue weighted by Crippen LogP contribution is -2.34. The third-order valence-corrected chi connectivity index (χ3v) is 6.54. The van der Waals surface area contributed by atoms with Crippen molar-refractivity contribution in [3.8, 4) is 6.07 Å². The number of benzene rings is 1. The summed E-state index contributed by atoms with van der Waals surface area (Å²) in [4.78, 5) is 24.5. The Balaban J connectivity index is 1.45. The van der Waals surface area contributed by atoms with Gasteiger partial charge in [-0.05, 0) is 41.4 Å². The smallest absolute Gasteiger partial charge is 0.414 e. The molecule has 1 saturated carbocycles. The number of carbonyl (C=O) groups is 2. The van der Waals surface area contributed by atoms with Gasteiger partial charge >= 0.3 is 6.09 Å². The monoisotopic (exact) mass is 393 g/mol. The zero-order chi connectivity index (χ0) is 19.1. The van der Waals surface area contributed by atoms with E-state index in [0.717, 1.165) is 16.4 Å². The molecule has 1 aromatic carbocycles. The molecule has 4 rings (SSSR count). The van der Waals surface area contributed by atoms with Crippen molar-refractivity contribution in [2.45, 2.75) is 18.4 Å². The first-order valence-corrected chi connectivity index (χ1v) is 9.83. The highest BCUT2D eigenvalue weighted by atomic mass is 32.2. The standard InChI is InChI=1S/C18H17F2N3O3S/c19-13-3-9(4-14(20)17(13)16-11-7-27-8-12(11)16)23-6-10(26-18(23)25)5-22-15(24)1-2-21/h3-4,10-12,16H,1,5-8H2,(H,22,24)/t10-,11-,12+,16?/m0/s1. The Bertz CT molecular complexity index is 811. The molecule has 0 radical (unpaired) electrons. The van der Waals surface area contributed by atoms with E-state index in [1.54, 1.807) is 6.07 Å². The molecule has 142 valence electrons. The largest absolute Gasteiger partial charge is 0.442 e. The zero-order valence-corrected chi connectivity index (χ0v) is 15.1. The van der Waals surface area contributed by atoms with Crippen LogP contribution in [0.3, 0.4) is 0 Å². The normalized spacial score (nSPS) is 28.5. The topological polar surface area (TPSA) is 82.4 Å². The van der Waals surface area contributed by atoms with Crippen LogP contribution < -0.4 is 10.2 Å². The molecule has 1 unspecified atom stereocenters. The summed E-state index contributed by atoms with van der Waals surface area (Å²) in [6.07, 6.45) is -1.66. The molecule has 0 spiro atoms. The predicted octanol–water partition coefficient (Wildman–Crippen LogP) is 2.40. The van der Waals surface area contributed by atoms with Crippen LogP contribution in [0.5, 0.6) is 0 Å². The fourth-order valence-electron chi connectivity index (χ4n) is 3.91. The van der Waals surface area contributed by atoms with Crippen LogP contribution in [0.4, 0.5) is 19.3 Å². The average Bonchev–Trinajstić information content (AvgIpc) is 2.97. The lowest BCUT2D eigenvalue weighted by Gasteiger charge is -2.16. The highest BCUT2D eigenvalue weighted by Crippen LogP contribution is 2.62. The Hall–Kier alpha value is -2.34. The Morgan fingerprint density at radius 2 is 2.00 bits per heavy atom. The number of ether oxygens (including phenoxy) is 1. The van der Waals surface area contributed by atoms with Crippen molar-refractivity contribution in [2.75, 3.05) is 29.5 Å². The number of anilines is 1. The zero-order valence-electron chi connectivity index (χ0n) is 14.3. The number of nitrogens with one attached hydrogen (secondary N) is 1. The van der Waals surface area contributed by atoms with E-state index in [4.69, 9.17) is 10.00 Å². The van der Waals surface area contributed by atoms with Crippen LogP contribution in [0.25, 0.3) is 0 Å². The minimum Gasteiger partial charge on any atom is -0.442 e. The van der Waals surface area contributed by atoms with Crippen molar-refractivity contribution in [1.29, 1.82) is 5.26 Å². The molecule has 3 aliphatic rings. The van der Waals surface area contributed by atoms with Gasteiger partial charge < -0.3 is 10.1 Å². The second-order valence-corrected chi connectivity index (χ2v) is 8.04. The fourth-order valence-corrected chi connectivity index (χ4v) is 5.50. The van der Waals surface area contributed by atoms with Gasteiger partial charge in [0, 0.05) is 5.56 Å². The number of thioether (sulfide) groups is 1. The van der Waals surface area contributed by atoms with Crippen LogP contribution in [0.2, 0.25) is 0 Å². The number of nitriles is 1. The van der Waals surface area contributed by atoms with Crippen molar-refractivity contribution >= 4 is 29.4 Å². The van der Waals surface area contributed by atoms with E-state index in [1.165, 1.54) is 12.1 Å². The average molecular weight is 393 g/mol. The Morgan fingerprint density at radius 3 is 2.63 bits per heavy atom. The molecule has 2 amide bonds. The first kappa shape index (κ1) is 18.0. The van der Waals surface area contributed by atoms with Crippen molar-refractivity contribution < 1.29 is 23.1 Å². The van der Waals surface area contributed by atoms with E-state index in [9.17, 15) is 18.4 Å². The van der Waals surface area contributed by atoms with Crippen LogP contribution in [0, 0.1) is 34.8 Å². The van der Waals surface area contributed by atoms with E-state index in [0.29, 0.717) is 11.8 Å². The number of halogens is 2. The fraction of sp³-hybridized carbons (Fsp3) is 0.500. The minimum absolute atomic E-state index is 0.0366. The van der Waals surface area contributed by atoms with E-state index in [-0.39, 0.29) is 36.7 Å². The molecule has 1 aromatic rings. The first-order valence-electron chi connectivity index (χ1n) is 8.68. The number of amides is 2. The summed E-state index contributed by atoms with van der Waals surface area (Å²) < 4.78 is 34.4. The summed E-state index contributed by atoms with van der Waals surface area (Å²) in [5.41, 5.74) is 0.228. The van der Waals surface area contributed by atoms with Crippen LogP contribution >= 0.6 is 11.8 Å². The molecule has 1 aliphatic carbocycles. The summed E-state index contributed by atoms with van der Waals surface area (Å²) in [6.45, 7) is 0.101. The van der Waals surface area contributed by atoms with Gasteiger partial charge in [0.1, 0.15) is 24.2 Å². The van der Waals surface area contributed by atoms with Crippen LogP contribution in [0.1, 0.15) is 17.9 Å². The molecule has 2 heterocycles. The molecule has 9 heteroatoms. The Labute approximate surface area is 158 Å². The maximum Gasteiger partial charge on any atom is 0.414 e. The summed E-state index contributed by atoms with van der Waals surface area (Å²) in [5.74, 6) is 0.781. The van der Waals surface area contributed by atoms with Crippen LogP contribution in [-0.4, -0.2) is 42.7 Å². The van der Waals surface area contributed by atoms with E-state index in [1.807, 2.05) is 11.8 Å². The van der Waals surface area contributed by atoms with Gasteiger partial charge in [0.05, 0.1) is 24.8 Å². The molecule has 4 atom stereocenters. The molecular formula is C18H17F2N3O3S. The van der Waals surface area contributed by atoms with Gasteiger partial charge in [0.2, 0.25) is 5.91 Å². The van der Waals surface area contributed by atoms with Crippen LogP contribution in [-0.2, 0) is 9.53 Å². The van der Waals surface area contributed by atoms with Gasteiger partial charge in [-0.15, -0.1) is 0 Å². The first-order chi connectivity index (χ1) is 13.0. The van der Waals surface area contributed by atoms with Crippen molar-refractivity contribution in [1.82, 2.24) is 5.32 Å². The molecule has 2 aliphatic heterocycles. The summed E-state index contributed by atoms with van der Waals surface area (Å²) in [6, 6.07) is 4.07. The maximum absolute atomic E-state index is 14.6. The van der Waals surface area contributed by atoms with E-state index in [2.05, 4.69) is 5.32 Å². The molecule has 6 nitrogen and oxygen atoms in total. The number of cyclic esters (lactones) is 1. The second-order valence-electron chi connectivity index (χ2n) is 6.97. The highest BCUT2D eigenvalue weighted by molar-refractivity contribution is 7.99. The predicted molar refractivity (Wildman–Crippen MR) is 94.3 cm³/mol. The second kappa shape index (κ2) is 7.00. The molecular weight excluding hydrogens is 376 g/mol. The number of hydrogen-bond donors (Lipinski definition) is 1. The van der Waals surface area contributed by atoms with Gasteiger partial charge in [-0.1, -0.05) is 0 Å². The summed E-state index contributed by atoms with van der Waals surface area (Å²) in [7, 11) is 0. The molecule has 2 saturated heterocycles. The summed E-state index contributed by atoms with van der Waals surface area (Å²) >= 11 is 1.81. The lowest BCUT2D eigenvalue weighted by molar-refractivity contribution is -0.120. The maximum atomic E-state index is 14.6. The van der Waals surface area contributed by atoms with E-state index >= 15 is 0 Å². The van der Waals surface area contributed by atoms with Crippen molar-refractivity contribution in [3.05, 3.63) is 29.3 Å². The van der Waals surface area contributed by atoms with Crippen molar-refractivity contribution in [3.63, 3.8) is 0 Å². The Morgan fingerprint density at radius 1 is 1.33 bits per heavy atom. The van der Waals surface area contributed by atoms with Crippen molar-refractivity contribution in [2.24, 2.45) is 11.8 Å². The van der Waals surface area contributed by atoms with Gasteiger partial charge in [0.15, 0.2) is 0 Å². The third kappa shape index (κ3) is 3.34. The summed E-state index contributed by atoms with van der Waals surface area (Å²) in [5, 5.41) is 10.9. The molecule has 1 N–H and O–H groups in total. The number of fused-ring (bicyclic) bond motifs is 1. The van der Waals surface area contributed by atoms with Gasteiger partial charge in [0.25, 0.3) is 0 Å². The third-order valence-electron chi connectivity index (χ3n) is 5.30. The Kier molecular flexibility index (Phi) is 4.68. The van der Waals surface area contributed by atoms with Crippen LogP contribution in [0.15, 0.2) is 12.1 Å². The number of carbonyl (C=O) groups excluding carboxylic acids is 2. The lowest BCUT2D eigenvalue weighted by atomic mass is 10.1. The number of hydrogen-bond acceptors (Lipinski definition) is 5. The van der Waals surface area contributed by atoms with E-state index < -0.39 is 29.7 Å². The number of rotatable bonds is 5. The van der Waals surface area contributed by atoms with Gasteiger partial charge in [-0.3, -0.25) is 9.69 Å². The van der Waals surface area contributed by atoms with Gasteiger partial charge in [-0.2, -0.15) is 17.0 Å². The minimum atomic E-state index is -0.722. The highest BCUT2D eigenvalue weighted by Gasteiger charge is 2.55. The molecule has 3 fully saturated rings. The van der Waals surface area contributed by atoms with Gasteiger partial charge in [-0.25, -0.2) is 13.6 Å². The molecule has 0 bridgehead atoms. The molecule has 0 aromatic heterocycles. The quantitative estimate of drug-likeness (QED) is 0.831. The SMILES string of the molecule is N#CCC(=O)NC[C@H]1CN(c2cc(F)c(C3[C@H]4CSC[C@@H]34)c(F)c2)C(=O)O1. The number of nitrogens with zero attached hydrogens (tertiary/aromatic N) is 2.